The lowest BCUT2D eigenvalue weighted by Gasteiger charge is -2.07. The maximum atomic E-state index is 13.7. The summed E-state index contributed by atoms with van der Waals surface area (Å²) in [5.41, 5.74) is 3.16. The van der Waals surface area contributed by atoms with Crippen LogP contribution in [-0.4, -0.2) is 17.5 Å². The van der Waals surface area contributed by atoms with Gasteiger partial charge in [0.1, 0.15) is 11.6 Å². The second-order valence-electron chi connectivity index (χ2n) is 6.32. The van der Waals surface area contributed by atoms with Gasteiger partial charge >= 0.3 is 0 Å². The molecule has 1 unspecified atom stereocenters. The van der Waals surface area contributed by atoms with E-state index in [0.717, 1.165) is 29.6 Å². The summed E-state index contributed by atoms with van der Waals surface area (Å²) in [5.74, 6) is 0.717. The van der Waals surface area contributed by atoms with Gasteiger partial charge in [0, 0.05) is 23.2 Å². The van der Waals surface area contributed by atoms with Gasteiger partial charge in [0.15, 0.2) is 5.78 Å². The van der Waals surface area contributed by atoms with Crippen molar-refractivity contribution in [1.82, 2.24) is 4.57 Å². The molecule has 1 atom stereocenters. The van der Waals surface area contributed by atoms with Gasteiger partial charge in [-0.1, -0.05) is 6.92 Å². The van der Waals surface area contributed by atoms with Crippen molar-refractivity contribution in [2.75, 3.05) is 7.11 Å². The molecule has 1 aliphatic heterocycles. The molecule has 0 saturated heterocycles. The maximum absolute atomic E-state index is 13.7. The minimum atomic E-state index is -0.272. The average molecular weight is 323 g/mol. The predicted octanol–water partition coefficient (Wildman–Crippen LogP) is 4.53. The molecule has 1 aromatic heterocycles. The first-order valence-electron chi connectivity index (χ1n) is 8.10. The summed E-state index contributed by atoms with van der Waals surface area (Å²) in [6, 6.07) is 11.8. The van der Waals surface area contributed by atoms with Gasteiger partial charge in [-0.05, 0) is 54.8 Å². The van der Waals surface area contributed by atoms with E-state index in [1.54, 1.807) is 37.4 Å². The zero-order chi connectivity index (χ0) is 16.8. The molecule has 0 spiro atoms. The molecule has 3 aromatic rings. The molecule has 122 valence electrons. The third-order valence-electron chi connectivity index (χ3n) is 4.90. The third kappa shape index (κ3) is 2.13. The van der Waals surface area contributed by atoms with Crippen molar-refractivity contribution in [3.05, 3.63) is 65.1 Å². The summed E-state index contributed by atoms with van der Waals surface area (Å²) in [7, 11) is 1.60. The van der Waals surface area contributed by atoms with E-state index in [0.29, 0.717) is 16.9 Å². The molecule has 0 bridgehead atoms. The lowest BCUT2D eigenvalue weighted by atomic mass is 9.95. The van der Waals surface area contributed by atoms with Gasteiger partial charge < -0.3 is 9.30 Å². The molecule has 0 radical (unpaired) electrons. The van der Waals surface area contributed by atoms with E-state index in [9.17, 15) is 9.18 Å². The molecule has 1 aliphatic rings. The Kier molecular flexibility index (Phi) is 3.41. The van der Waals surface area contributed by atoms with Crippen LogP contribution in [0.4, 0.5) is 4.39 Å². The number of hydrogen-bond donors (Lipinski definition) is 0. The number of carbonyl (C=O) groups is 1. The van der Waals surface area contributed by atoms with E-state index < -0.39 is 0 Å². The number of benzene rings is 2. The number of rotatable bonds is 3. The third-order valence-corrected chi connectivity index (χ3v) is 4.90. The summed E-state index contributed by atoms with van der Waals surface area (Å²) < 4.78 is 21.0. The Hall–Kier alpha value is -2.62. The van der Waals surface area contributed by atoms with Crippen LogP contribution in [0.25, 0.3) is 10.9 Å². The number of methoxy groups -OCH3 is 1. The highest BCUT2D eigenvalue weighted by atomic mass is 19.1. The van der Waals surface area contributed by atoms with Gasteiger partial charge in [0.25, 0.3) is 0 Å². The van der Waals surface area contributed by atoms with Crippen molar-refractivity contribution in [3.8, 4) is 5.75 Å². The SMILES string of the molecule is COc1ccc(C(=O)c2c3n(c4cc(F)ccc24)CCC3C)cc1. The van der Waals surface area contributed by atoms with Crippen molar-refractivity contribution < 1.29 is 13.9 Å². The Morgan fingerprint density at radius 1 is 1.21 bits per heavy atom. The molecule has 0 fully saturated rings. The van der Waals surface area contributed by atoms with Crippen LogP contribution in [0.1, 0.15) is 40.9 Å². The second kappa shape index (κ2) is 5.48. The second-order valence-corrected chi connectivity index (χ2v) is 6.32. The van der Waals surface area contributed by atoms with Crippen molar-refractivity contribution >= 4 is 16.7 Å². The van der Waals surface area contributed by atoms with E-state index in [-0.39, 0.29) is 17.5 Å². The largest absolute Gasteiger partial charge is 0.497 e. The van der Waals surface area contributed by atoms with Crippen molar-refractivity contribution in [2.45, 2.75) is 25.8 Å². The normalized spacial score (nSPS) is 16.4. The van der Waals surface area contributed by atoms with Crippen LogP contribution in [0.15, 0.2) is 42.5 Å². The predicted molar refractivity (Wildman–Crippen MR) is 91.4 cm³/mol. The lowest BCUT2D eigenvalue weighted by molar-refractivity contribution is 0.103. The number of hydrogen-bond acceptors (Lipinski definition) is 2. The summed E-state index contributed by atoms with van der Waals surface area (Å²) in [5, 5.41) is 0.832. The van der Waals surface area contributed by atoms with Crippen LogP contribution in [-0.2, 0) is 6.54 Å². The Morgan fingerprint density at radius 3 is 2.67 bits per heavy atom. The van der Waals surface area contributed by atoms with Crippen molar-refractivity contribution in [3.63, 3.8) is 0 Å². The van der Waals surface area contributed by atoms with E-state index >= 15 is 0 Å². The molecule has 4 heteroatoms. The van der Waals surface area contributed by atoms with Crippen LogP contribution in [0.3, 0.4) is 0 Å². The Bertz CT molecular complexity index is 940. The summed E-state index contributed by atoms with van der Waals surface area (Å²) in [6.45, 7) is 2.95. The van der Waals surface area contributed by atoms with Crippen molar-refractivity contribution in [2.24, 2.45) is 0 Å². The topological polar surface area (TPSA) is 31.2 Å². The minimum absolute atomic E-state index is 0.0169. The number of ether oxygens (including phenoxy) is 1. The molecule has 2 heterocycles. The number of aryl methyl sites for hydroxylation is 1. The first kappa shape index (κ1) is 14.9. The molecule has 0 N–H and O–H groups in total. The molecule has 3 nitrogen and oxygen atoms in total. The first-order chi connectivity index (χ1) is 11.6. The number of nitrogens with zero attached hydrogens (tertiary/aromatic N) is 1. The zero-order valence-electron chi connectivity index (χ0n) is 13.7. The van der Waals surface area contributed by atoms with Gasteiger partial charge in [-0.25, -0.2) is 4.39 Å². The van der Waals surface area contributed by atoms with Crippen LogP contribution in [0, 0.1) is 5.82 Å². The highest BCUT2D eigenvalue weighted by Crippen LogP contribution is 2.39. The lowest BCUT2D eigenvalue weighted by Crippen LogP contribution is -2.05. The molecular weight excluding hydrogens is 305 g/mol. The number of ketones is 1. The molecule has 0 amide bonds. The van der Waals surface area contributed by atoms with Crippen molar-refractivity contribution in [1.29, 1.82) is 0 Å². The fourth-order valence-corrected chi connectivity index (χ4v) is 3.68. The number of carbonyl (C=O) groups excluding carboxylic acids is 1. The van der Waals surface area contributed by atoms with E-state index in [1.807, 2.05) is 0 Å². The Labute approximate surface area is 139 Å². The van der Waals surface area contributed by atoms with E-state index in [4.69, 9.17) is 4.74 Å². The van der Waals surface area contributed by atoms with Gasteiger partial charge in [-0.3, -0.25) is 4.79 Å². The molecule has 4 rings (SSSR count). The highest BCUT2D eigenvalue weighted by Gasteiger charge is 2.30. The quantitative estimate of drug-likeness (QED) is 0.663. The zero-order valence-corrected chi connectivity index (χ0v) is 13.7. The minimum Gasteiger partial charge on any atom is -0.497 e. The highest BCUT2D eigenvalue weighted by molar-refractivity contribution is 6.17. The maximum Gasteiger partial charge on any atom is 0.195 e. The molecule has 24 heavy (non-hydrogen) atoms. The standard InChI is InChI=1S/C20H18FNO2/c1-12-9-10-22-17-11-14(21)5-8-16(17)18(19(12)22)20(23)13-3-6-15(24-2)7-4-13/h3-8,11-12H,9-10H2,1-2H3. The van der Waals surface area contributed by atoms with Crippen LogP contribution < -0.4 is 4.74 Å². The van der Waals surface area contributed by atoms with Gasteiger partial charge in [0.2, 0.25) is 0 Å². The van der Waals surface area contributed by atoms with Gasteiger partial charge in [-0.2, -0.15) is 0 Å². The molecule has 0 aliphatic carbocycles. The fraction of sp³-hybridized carbons (Fsp3) is 0.250. The van der Waals surface area contributed by atoms with Crippen LogP contribution in [0.5, 0.6) is 5.75 Å². The van der Waals surface area contributed by atoms with Crippen LogP contribution >= 0.6 is 0 Å². The molecule has 2 aromatic carbocycles. The van der Waals surface area contributed by atoms with Crippen LogP contribution in [0.2, 0.25) is 0 Å². The van der Waals surface area contributed by atoms with Gasteiger partial charge in [0.05, 0.1) is 18.2 Å². The number of aromatic nitrogens is 1. The Morgan fingerprint density at radius 2 is 1.96 bits per heavy atom. The fourth-order valence-electron chi connectivity index (χ4n) is 3.68. The Balaban J connectivity index is 1.92. The number of fused-ring (bicyclic) bond motifs is 3. The summed E-state index contributed by atoms with van der Waals surface area (Å²) in [4.78, 5) is 13.2. The van der Waals surface area contributed by atoms with E-state index in [1.165, 1.54) is 12.1 Å². The van der Waals surface area contributed by atoms with Gasteiger partial charge in [-0.15, -0.1) is 0 Å². The number of halogens is 1. The molecule has 0 saturated carbocycles. The summed E-state index contributed by atoms with van der Waals surface area (Å²) >= 11 is 0. The monoisotopic (exact) mass is 323 g/mol. The molecular formula is C20H18FNO2. The first-order valence-corrected chi connectivity index (χ1v) is 8.10. The summed E-state index contributed by atoms with van der Waals surface area (Å²) in [6.07, 6.45) is 0.977. The smallest absolute Gasteiger partial charge is 0.195 e. The van der Waals surface area contributed by atoms with E-state index in [2.05, 4.69) is 11.5 Å². The average Bonchev–Trinajstić information content (AvgIpc) is 3.12.